The highest BCUT2D eigenvalue weighted by atomic mass is 35.5. The van der Waals surface area contributed by atoms with Gasteiger partial charge in [0, 0.05) is 24.2 Å². The Bertz CT molecular complexity index is 1330. The van der Waals surface area contributed by atoms with Crippen molar-refractivity contribution in [2.45, 2.75) is 19.9 Å². The monoisotopic (exact) mass is 438 g/mol. The normalized spacial score (nSPS) is 10.9. The number of benzene rings is 2. The first-order valence-corrected chi connectivity index (χ1v) is 9.90. The number of anilines is 1. The van der Waals surface area contributed by atoms with Gasteiger partial charge in [-0.1, -0.05) is 35.0 Å². The zero-order valence-corrected chi connectivity index (χ0v) is 17.6. The van der Waals surface area contributed by atoms with Crippen LogP contribution < -0.4 is 15.6 Å². The third-order valence-electron chi connectivity index (χ3n) is 4.89. The predicted octanol–water partition coefficient (Wildman–Crippen LogP) is 4.05. The first-order valence-electron chi connectivity index (χ1n) is 9.52. The van der Waals surface area contributed by atoms with Crippen molar-refractivity contribution in [3.05, 3.63) is 69.7 Å². The maximum atomic E-state index is 13.1. The second-order valence-corrected chi connectivity index (χ2v) is 7.32. The van der Waals surface area contributed by atoms with Crippen molar-refractivity contribution < 1.29 is 14.1 Å². The van der Waals surface area contributed by atoms with E-state index in [9.17, 15) is 9.59 Å². The summed E-state index contributed by atoms with van der Waals surface area (Å²) in [5.74, 6) is 0.357. The van der Waals surface area contributed by atoms with Crippen LogP contribution in [0.2, 0.25) is 5.02 Å². The molecule has 0 saturated carbocycles. The number of ether oxygens (including phenoxy) is 1. The average Bonchev–Trinajstić information content (AvgIpc) is 3.20. The Morgan fingerprint density at radius 3 is 2.84 bits per heavy atom. The summed E-state index contributed by atoms with van der Waals surface area (Å²) in [5.41, 5.74) is 2.19. The SMILES string of the molecule is COc1ccc(Cl)c(-c2noc3ncn(CCC(=O)Nc4ccccc4C)c(=O)c23)c1. The highest BCUT2D eigenvalue weighted by molar-refractivity contribution is 6.33. The summed E-state index contributed by atoms with van der Waals surface area (Å²) in [7, 11) is 1.53. The number of hydrogen-bond donors (Lipinski definition) is 1. The van der Waals surface area contributed by atoms with E-state index in [1.807, 2.05) is 31.2 Å². The van der Waals surface area contributed by atoms with Crippen LogP contribution in [0.4, 0.5) is 5.69 Å². The summed E-state index contributed by atoms with van der Waals surface area (Å²) in [6.45, 7) is 2.06. The molecule has 2 aromatic carbocycles. The van der Waals surface area contributed by atoms with Crippen molar-refractivity contribution in [1.29, 1.82) is 0 Å². The molecule has 1 N–H and O–H groups in total. The van der Waals surface area contributed by atoms with E-state index in [-0.39, 0.29) is 41.2 Å². The van der Waals surface area contributed by atoms with E-state index in [1.54, 1.807) is 18.2 Å². The molecular formula is C22H19ClN4O4. The second kappa shape index (κ2) is 8.61. The van der Waals surface area contributed by atoms with E-state index >= 15 is 0 Å². The molecule has 0 aliphatic carbocycles. The molecule has 0 unspecified atom stereocenters. The first-order chi connectivity index (χ1) is 15.0. The molecule has 31 heavy (non-hydrogen) atoms. The molecule has 0 spiro atoms. The van der Waals surface area contributed by atoms with Crippen molar-refractivity contribution in [3.8, 4) is 17.0 Å². The number of rotatable bonds is 6. The van der Waals surface area contributed by atoms with Crippen LogP contribution in [0.3, 0.4) is 0 Å². The molecule has 0 saturated heterocycles. The fourth-order valence-corrected chi connectivity index (χ4v) is 3.39. The molecule has 2 aromatic heterocycles. The highest BCUT2D eigenvalue weighted by Gasteiger charge is 2.20. The molecule has 1 amide bonds. The van der Waals surface area contributed by atoms with Gasteiger partial charge in [0.05, 0.1) is 12.1 Å². The number of carbonyl (C=O) groups is 1. The number of nitrogens with one attached hydrogen (secondary N) is 1. The van der Waals surface area contributed by atoms with E-state index in [0.717, 1.165) is 11.3 Å². The molecule has 4 rings (SSSR count). The molecule has 8 nitrogen and oxygen atoms in total. The largest absolute Gasteiger partial charge is 0.497 e. The molecule has 0 bridgehead atoms. The lowest BCUT2D eigenvalue weighted by molar-refractivity contribution is -0.116. The van der Waals surface area contributed by atoms with Gasteiger partial charge in [0.2, 0.25) is 5.91 Å². The number of carbonyl (C=O) groups excluding carboxylic acids is 1. The molecule has 158 valence electrons. The van der Waals surface area contributed by atoms with Crippen molar-refractivity contribution >= 4 is 34.3 Å². The van der Waals surface area contributed by atoms with Crippen molar-refractivity contribution in [3.63, 3.8) is 0 Å². The van der Waals surface area contributed by atoms with Crippen LogP contribution >= 0.6 is 11.6 Å². The molecular weight excluding hydrogens is 420 g/mol. The number of nitrogens with zero attached hydrogens (tertiary/aromatic N) is 3. The predicted molar refractivity (Wildman–Crippen MR) is 117 cm³/mol. The van der Waals surface area contributed by atoms with Gasteiger partial charge in [-0.2, -0.15) is 0 Å². The van der Waals surface area contributed by atoms with E-state index in [1.165, 1.54) is 18.0 Å². The minimum absolute atomic E-state index is 0.0968. The Kier molecular flexibility index (Phi) is 5.73. The van der Waals surface area contributed by atoms with Crippen LogP contribution in [-0.2, 0) is 11.3 Å². The van der Waals surface area contributed by atoms with Gasteiger partial charge in [0.15, 0.2) is 0 Å². The van der Waals surface area contributed by atoms with Crippen LogP contribution in [0.5, 0.6) is 5.75 Å². The maximum Gasteiger partial charge on any atom is 0.266 e. The van der Waals surface area contributed by atoms with E-state index in [0.29, 0.717) is 16.3 Å². The first kappa shape index (κ1) is 20.6. The maximum absolute atomic E-state index is 13.1. The number of fused-ring (bicyclic) bond motifs is 1. The van der Waals surface area contributed by atoms with Gasteiger partial charge in [0.25, 0.3) is 11.3 Å². The van der Waals surface area contributed by atoms with Gasteiger partial charge in [0.1, 0.15) is 23.2 Å². The van der Waals surface area contributed by atoms with Gasteiger partial charge in [-0.3, -0.25) is 14.2 Å². The molecule has 0 fully saturated rings. The van der Waals surface area contributed by atoms with Crippen LogP contribution in [0.25, 0.3) is 22.4 Å². The topological polar surface area (TPSA) is 99.2 Å². The fourth-order valence-electron chi connectivity index (χ4n) is 3.18. The van der Waals surface area contributed by atoms with E-state index < -0.39 is 0 Å². The number of aromatic nitrogens is 3. The summed E-state index contributed by atoms with van der Waals surface area (Å²) in [4.78, 5) is 29.6. The van der Waals surface area contributed by atoms with Crippen LogP contribution in [-0.4, -0.2) is 27.7 Å². The number of halogens is 1. The molecule has 9 heteroatoms. The molecule has 4 aromatic rings. The minimum Gasteiger partial charge on any atom is -0.497 e. The Labute approximate surface area is 182 Å². The molecule has 0 radical (unpaired) electrons. The molecule has 0 aliphatic rings. The molecule has 0 aliphatic heterocycles. The second-order valence-electron chi connectivity index (χ2n) is 6.91. The van der Waals surface area contributed by atoms with Crippen LogP contribution in [0.15, 0.2) is 58.1 Å². The Balaban J connectivity index is 1.61. The number of methoxy groups -OCH3 is 1. The van der Waals surface area contributed by atoms with Crippen molar-refractivity contribution in [2.24, 2.45) is 0 Å². The third kappa shape index (κ3) is 4.15. The van der Waals surface area contributed by atoms with Gasteiger partial charge >= 0.3 is 0 Å². The lowest BCUT2D eigenvalue weighted by Crippen LogP contribution is -2.23. The zero-order valence-electron chi connectivity index (χ0n) is 16.9. The fraction of sp³-hybridized carbons (Fsp3) is 0.182. The quantitative estimate of drug-likeness (QED) is 0.487. The third-order valence-corrected chi connectivity index (χ3v) is 5.22. The zero-order chi connectivity index (χ0) is 22.0. The number of hydrogen-bond acceptors (Lipinski definition) is 6. The summed E-state index contributed by atoms with van der Waals surface area (Å²) < 4.78 is 11.8. The number of aryl methyl sites for hydroxylation is 2. The summed E-state index contributed by atoms with van der Waals surface area (Å²) in [6.07, 6.45) is 1.44. The van der Waals surface area contributed by atoms with Crippen LogP contribution in [0.1, 0.15) is 12.0 Å². The van der Waals surface area contributed by atoms with Crippen LogP contribution in [0, 0.1) is 6.92 Å². The smallest absolute Gasteiger partial charge is 0.266 e. The Morgan fingerprint density at radius 1 is 1.26 bits per heavy atom. The number of para-hydroxylation sites is 1. The van der Waals surface area contributed by atoms with Gasteiger partial charge in [-0.15, -0.1) is 0 Å². The summed E-state index contributed by atoms with van der Waals surface area (Å²) >= 11 is 6.31. The highest BCUT2D eigenvalue weighted by Crippen LogP contribution is 2.33. The number of amides is 1. The molecule has 2 heterocycles. The van der Waals surface area contributed by atoms with Crippen molar-refractivity contribution in [2.75, 3.05) is 12.4 Å². The Morgan fingerprint density at radius 2 is 2.06 bits per heavy atom. The summed E-state index contributed by atoms with van der Waals surface area (Å²) in [5, 5.41) is 7.43. The Hall–Kier alpha value is -3.65. The lowest BCUT2D eigenvalue weighted by atomic mass is 10.1. The lowest BCUT2D eigenvalue weighted by Gasteiger charge is -2.09. The average molecular weight is 439 g/mol. The standard InChI is InChI=1S/C22H19ClN4O4/c1-13-5-3-4-6-17(13)25-18(28)9-10-27-12-24-21-19(22(27)29)20(26-31-21)15-11-14(30-2)7-8-16(15)23/h3-8,11-12H,9-10H2,1-2H3,(H,25,28). The summed E-state index contributed by atoms with van der Waals surface area (Å²) in [6, 6.07) is 12.5. The van der Waals surface area contributed by atoms with Gasteiger partial charge < -0.3 is 14.6 Å². The van der Waals surface area contributed by atoms with Crippen molar-refractivity contribution in [1.82, 2.24) is 14.7 Å². The molecule has 0 atom stereocenters. The van der Waals surface area contributed by atoms with Gasteiger partial charge in [-0.05, 0) is 36.8 Å². The van der Waals surface area contributed by atoms with E-state index in [4.69, 9.17) is 20.9 Å². The minimum atomic E-state index is -0.371. The van der Waals surface area contributed by atoms with Gasteiger partial charge in [-0.25, -0.2) is 4.98 Å². The van der Waals surface area contributed by atoms with E-state index in [2.05, 4.69) is 15.5 Å².